The van der Waals surface area contributed by atoms with E-state index in [0.717, 1.165) is 23.4 Å². The van der Waals surface area contributed by atoms with E-state index in [1.165, 1.54) is 17.8 Å². The summed E-state index contributed by atoms with van der Waals surface area (Å²) in [6, 6.07) is 9.30. The maximum Gasteiger partial charge on any atom is 0.251 e. The maximum absolute atomic E-state index is 12.7. The molecule has 0 saturated heterocycles. The Morgan fingerprint density at radius 1 is 1.28 bits per heavy atom. The summed E-state index contributed by atoms with van der Waals surface area (Å²) in [6.45, 7) is 7.99. The van der Waals surface area contributed by atoms with Crippen LogP contribution in [0.15, 0.2) is 40.3 Å². The molecule has 1 unspecified atom stereocenters. The third kappa shape index (κ3) is 5.19. The van der Waals surface area contributed by atoms with Crippen LogP contribution in [0.5, 0.6) is 0 Å². The monoisotopic (exact) mass is 359 g/mol. The van der Waals surface area contributed by atoms with Gasteiger partial charge in [0, 0.05) is 11.8 Å². The lowest BCUT2D eigenvalue weighted by Crippen LogP contribution is -2.26. The van der Waals surface area contributed by atoms with Gasteiger partial charge < -0.3 is 10.3 Å². The molecule has 0 fully saturated rings. The standard InChI is InChI=1S/C19H25N3O2S/c1-5-13-9-7-8-10-14(13)20-18(24)16(6-2)25-19-21-15(12(3)4)11-17(23)22-19/h7-12,16H,5-6H2,1-4H3,(H,20,24)(H,21,22,23). The molecule has 0 spiro atoms. The first-order valence-electron chi connectivity index (χ1n) is 8.61. The molecule has 2 aromatic rings. The fourth-order valence-corrected chi connectivity index (χ4v) is 3.35. The van der Waals surface area contributed by atoms with E-state index in [9.17, 15) is 9.59 Å². The lowest BCUT2D eigenvalue weighted by atomic mass is 10.1. The van der Waals surface area contributed by atoms with Crippen molar-refractivity contribution in [2.24, 2.45) is 0 Å². The first-order valence-corrected chi connectivity index (χ1v) is 9.49. The van der Waals surface area contributed by atoms with Gasteiger partial charge >= 0.3 is 0 Å². The number of nitrogens with one attached hydrogen (secondary N) is 2. The number of aromatic nitrogens is 2. The maximum atomic E-state index is 12.7. The van der Waals surface area contributed by atoms with Crippen LogP contribution in [0.4, 0.5) is 5.69 Å². The number of hydrogen-bond donors (Lipinski definition) is 2. The Morgan fingerprint density at radius 2 is 2.00 bits per heavy atom. The van der Waals surface area contributed by atoms with Crippen LogP contribution in [0.25, 0.3) is 0 Å². The van der Waals surface area contributed by atoms with Gasteiger partial charge in [-0.15, -0.1) is 0 Å². The minimum absolute atomic E-state index is 0.0778. The van der Waals surface area contributed by atoms with E-state index in [2.05, 4.69) is 22.2 Å². The summed E-state index contributed by atoms with van der Waals surface area (Å²) in [6.07, 6.45) is 1.49. The van der Waals surface area contributed by atoms with Crippen molar-refractivity contribution in [2.75, 3.05) is 5.32 Å². The van der Waals surface area contributed by atoms with E-state index in [0.29, 0.717) is 11.6 Å². The summed E-state index contributed by atoms with van der Waals surface area (Å²) in [7, 11) is 0. The van der Waals surface area contributed by atoms with Crippen LogP contribution in [0.2, 0.25) is 0 Å². The number of thioether (sulfide) groups is 1. The number of H-pyrrole nitrogens is 1. The minimum atomic E-state index is -0.324. The molecule has 0 aliphatic rings. The molecule has 1 heterocycles. The van der Waals surface area contributed by atoms with E-state index in [1.54, 1.807) is 0 Å². The van der Waals surface area contributed by atoms with Crippen LogP contribution < -0.4 is 10.9 Å². The number of carbonyl (C=O) groups excluding carboxylic acids is 1. The number of hydrogen-bond acceptors (Lipinski definition) is 4. The fraction of sp³-hybridized carbons (Fsp3) is 0.421. The molecule has 1 atom stereocenters. The van der Waals surface area contributed by atoms with E-state index < -0.39 is 0 Å². The molecule has 0 saturated carbocycles. The quantitative estimate of drug-likeness (QED) is 0.579. The topological polar surface area (TPSA) is 74.8 Å². The summed E-state index contributed by atoms with van der Waals surface area (Å²) in [5.74, 6) is 0.0815. The first-order chi connectivity index (χ1) is 11.9. The number of nitrogens with zero attached hydrogens (tertiary/aromatic N) is 1. The SMILES string of the molecule is CCc1ccccc1NC(=O)C(CC)Sc1nc(C(C)C)cc(=O)[nH]1. The highest BCUT2D eigenvalue weighted by Crippen LogP contribution is 2.25. The zero-order valence-electron chi connectivity index (χ0n) is 15.1. The number of rotatable bonds is 7. The lowest BCUT2D eigenvalue weighted by molar-refractivity contribution is -0.115. The van der Waals surface area contributed by atoms with E-state index in [1.807, 2.05) is 45.0 Å². The van der Waals surface area contributed by atoms with Crippen molar-refractivity contribution in [3.63, 3.8) is 0 Å². The van der Waals surface area contributed by atoms with Crippen molar-refractivity contribution in [3.8, 4) is 0 Å². The average Bonchev–Trinajstić information content (AvgIpc) is 2.59. The van der Waals surface area contributed by atoms with Crippen molar-refractivity contribution in [3.05, 3.63) is 51.9 Å². The van der Waals surface area contributed by atoms with Gasteiger partial charge in [0.25, 0.3) is 5.56 Å². The van der Waals surface area contributed by atoms with Crippen molar-refractivity contribution in [1.82, 2.24) is 9.97 Å². The van der Waals surface area contributed by atoms with Gasteiger partial charge in [-0.2, -0.15) is 0 Å². The second-order valence-corrected chi connectivity index (χ2v) is 7.34. The van der Waals surface area contributed by atoms with Crippen LogP contribution in [0.3, 0.4) is 0 Å². The van der Waals surface area contributed by atoms with Gasteiger partial charge in [-0.1, -0.05) is 57.7 Å². The van der Waals surface area contributed by atoms with Crippen LogP contribution in [0, 0.1) is 0 Å². The van der Waals surface area contributed by atoms with Crippen molar-refractivity contribution < 1.29 is 4.79 Å². The van der Waals surface area contributed by atoms with Crippen molar-refractivity contribution >= 4 is 23.4 Å². The summed E-state index contributed by atoms with van der Waals surface area (Å²) >= 11 is 1.30. The molecule has 2 N–H and O–H groups in total. The van der Waals surface area contributed by atoms with Crippen molar-refractivity contribution in [1.29, 1.82) is 0 Å². The van der Waals surface area contributed by atoms with Crippen LogP contribution in [-0.2, 0) is 11.2 Å². The molecule has 1 amide bonds. The number of para-hydroxylation sites is 1. The normalized spacial score (nSPS) is 12.2. The molecule has 0 aliphatic heterocycles. The lowest BCUT2D eigenvalue weighted by Gasteiger charge is -2.16. The third-order valence-corrected chi connectivity index (χ3v) is 5.15. The zero-order chi connectivity index (χ0) is 18.4. The first kappa shape index (κ1) is 19.2. The van der Waals surface area contributed by atoms with Crippen molar-refractivity contribution in [2.45, 2.75) is 56.9 Å². The van der Waals surface area contributed by atoms with Gasteiger partial charge in [0.1, 0.15) is 0 Å². The summed E-state index contributed by atoms with van der Waals surface area (Å²) in [4.78, 5) is 31.7. The number of amides is 1. The van der Waals surface area contributed by atoms with Gasteiger partial charge in [0.2, 0.25) is 5.91 Å². The molecule has 1 aromatic carbocycles. The Labute approximate surface area is 152 Å². The van der Waals surface area contributed by atoms with Gasteiger partial charge in [-0.05, 0) is 30.4 Å². The summed E-state index contributed by atoms with van der Waals surface area (Å²) in [5, 5.41) is 3.17. The van der Waals surface area contributed by atoms with Gasteiger partial charge in [-0.25, -0.2) is 4.98 Å². The number of aromatic amines is 1. The predicted octanol–water partition coefficient (Wildman–Crippen LogP) is 3.97. The number of anilines is 1. The number of carbonyl (C=O) groups is 1. The zero-order valence-corrected chi connectivity index (χ0v) is 15.9. The Balaban J connectivity index is 2.17. The molecular formula is C19H25N3O2S. The molecule has 0 bridgehead atoms. The third-order valence-electron chi connectivity index (χ3n) is 3.90. The average molecular weight is 359 g/mol. The van der Waals surface area contributed by atoms with E-state index >= 15 is 0 Å². The highest BCUT2D eigenvalue weighted by molar-refractivity contribution is 8.00. The molecule has 25 heavy (non-hydrogen) atoms. The molecule has 6 heteroatoms. The highest BCUT2D eigenvalue weighted by Gasteiger charge is 2.20. The molecule has 1 aromatic heterocycles. The van der Waals surface area contributed by atoms with E-state index in [4.69, 9.17) is 0 Å². The summed E-state index contributed by atoms with van der Waals surface area (Å²) < 4.78 is 0. The Bertz CT molecular complexity index is 786. The minimum Gasteiger partial charge on any atom is -0.325 e. The fourth-order valence-electron chi connectivity index (χ4n) is 2.43. The Kier molecular flexibility index (Phi) is 6.82. The Morgan fingerprint density at radius 3 is 2.64 bits per heavy atom. The molecule has 0 aliphatic carbocycles. The van der Waals surface area contributed by atoms with Crippen LogP contribution in [0.1, 0.15) is 51.3 Å². The second-order valence-electron chi connectivity index (χ2n) is 6.14. The summed E-state index contributed by atoms with van der Waals surface area (Å²) in [5.41, 5.74) is 2.49. The molecule has 134 valence electrons. The largest absolute Gasteiger partial charge is 0.325 e. The number of aryl methyl sites for hydroxylation is 1. The number of benzene rings is 1. The van der Waals surface area contributed by atoms with Gasteiger partial charge in [0.05, 0.1) is 10.9 Å². The second kappa shape index (κ2) is 8.85. The Hall–Kier alpha value is -2.08. The molecular weight excluding hydrogens is 334 g/mol. The highest BCUT2D eigenvalue weighted by atomic mass is 32.2. The molecule has 0 radical (unpaired) electrons. The van der Waals surface area contributed by atoms with E-state index in [-0.39, 0.29) is 22.6 Å². The van der Waals surface area contributed by atoms with Gasteiger partial charge in [-0.3, -0.25) is 9.59 Å². The predicted molar refractivity (Wildman–Crippen MR) is 103 cm³/mol. The van der Waals surface area contributed by atoms with Crippen LogP contribution in [-0.4, -0.2) is 21.1 Å². The molecule has 2 rings (SSSR count). The smallest absolute Gasteiger partial charge is 0.251 e. The van der Waals surface area contributed by atoms with Gasteiger partial charge in [0.15, 0.2) is 5.16 Å². The van der Waals surface area contributed by atoms with Crippen LogP contribution >= 0.6 is 11.8 Å². The molecule has 5 nitrogen and oxygen atoms in total.